The monoisotopic (exact) mass is 263 g/mol. The van der Waals surface area contributed by atoms with Crippen molar-refractivity contribution in [3.63, 3.8) is 0 Å². The summed E-state index contributed by atoms with van der Waals surface area (Å²) < 4.78 is 5.92. The fourth-order valence-corrected chi connectivity index (χ4v) is 2.31. The Hall–Kier alpha value is -0.860. The molecule has 0 saturated heterocycles. The molecule has 1 rings (SSSR count). The van der Waals surface area contributed by atoms with Crippen molar-refractivity contribution in [2.24, 2.45) is 0 Å². The number of aryl methyl sites for hydroxylation is 1. The minimum absolute atomic E-state index is 0.144. The largest absolute Gasteiger partial charge is 0.374 e. The molecular formula is C17H29NO. The number of ether oxygens (including phenoxy) is 1. The Labute approximate surface area is 118 Å². The molecule has 0 spiro atoms. The minimum Gasteiger partial charge on any atom is -0.374 e. The van der Waals surface area contributed by atoms with Crippen molar-refractivity contribution >= 4 is 0 Å². The lowest BCUT2D eigenvalue weighted by molar-refractivity contribution is -0.0379. The zero-order chi connectivity index (χ0) is 14.3. The Morgan fingerprint density at radius 3 is 2.32 bits per heavy atom. The summed E-state index contributed by atoms with van der Waals surface area (Å²) >= 11 is 0. The molecule has 1 aromatic rings. The summed E-state index contributed by atoms with van der Waals surface area (Å²) in [7, 11) is 0. The molecule has 0 radical (unpaired) electrons. The van der Waals surface area contributed by atoms with Gasteiger partial charge in [-0.25, -0.2) is 0 Å². The molecule has 0 heterocycles. The number of nitrogens with one attached hydrogen (secondary N) is 1. The zero-order valence-electron chi connectivity index (χ0n) is 13.1. The lowest BCUT2D eigenvalue weighted by Crippen LogP contribution is -2.50. The van der Waals surface area contributed by atoms with Gasteiger partial charge in [-0.15, -0.1) is 0 Å². The van der Waals surface area contributed by atoms with Gasteiger partial charge in [0.2, 0.25) is 0 Å². The van der Waals surface area contributed by atoms with Crippen LogP contribution in [-0.2, 0) is 11.2 Å². The van der Waals surface area contributed by atoms with Crippen LogP contribution in [0, 0.1) is 6.92 Å². The normalized spacial score (nSPS) is 13.5. The maximum Gasteiger partial charge on any atom is 0.0781 e. The molecule has 0 aliphatic heterocycles. The van der Waals surface area contributed by atoms with Crippen molar-refractivity contribution in [1.29, 1.82) is 0 Å². The summed E-state index contributed by atoms with van der Waals surface area (Å²) in [4.78, 5) is 0. The second-order valence-corrected chi connectivity index (χ2v) is 5.73. The highest BCUT2D eigenvalue weighted by molar-refractivity contribution is 5.22. The van der Waals surface area contributed by atoms with E-state index < -0.39 is 0 Å². The molecule has 0 bridgehead atoms. The topological polar surface area (TPSA) is 21.3 Å². The zero-order valence-corrected chi connectivity index (χ0v) is 13.1. The van der Waals surface area contributed by atoms with Gasteiger partial charge in [0.1, 0.15) is 0 Å². The minimum atomic E-state index is -0.144. The highest BCUT2D eigenvalue weighted by Crippen LogP contribution is 2.19. The average molecular weight is 263 g/mol. The van der Waals surface area contributed by atoms with Gasteiger partial charge in [-0.1, -0.05) is 36.8 Å². The van der Waals surface area contributed by atoms with Crippen molar-refractivity contribution in [2.75, 3.05) is 13.2 Å². The molecule has 0 aliphatic rings. The molecule has 1 N–H and O–H groups in total. The second kappa shape index (κ2) is 7.66. The van der Waals surface area contributed by atoms with Crippen molar-refractivity contribution in [2.45, 2.75) is 59.1 Å². The highest BCUT2D eigenvalue weighted by Gasteiger charge is 2.29. The number of rotatable bonds is 8. The summed E-state index contributed by atoms with van der Waals surface area (Å²) in [5, 5.41) is 3.63. The predicted octanol–water partition coefficient (Wildman–Crippen LogP) is 3.72. The third kappa shape index (κ3) is 5.33. The van der Waals surface area contributed by atoms with E-state index >= 15 is 0 Å². The number of hydrogen-bond donors (Lipinski definition) is 1. The average Bonchev–Trinajstić information content (AvgIpc) is 2.36. The Bertz CT molecular complexity index is 356. The molecule has 19 heavy (non-hydrogen) atoms. The van der Waals surface area contributed by atoms with E-state index in [1.807, 2.05) is 0 Å². The van der Waals surface area contributed by atoms with Crippen LogP contribution in [0.2, 0.25) is 0 Å². The number of benzene rings is 1. The molecule has 0 aliphatic carbocycles. The van der Waals surface area contributed by atoms with Gasteiger partial charge < -0.3 is 10.1 Å². The molecule has 0 saturated carbocycles. The fraction of sp³-hybridized carbons (Fsp3) is 0.647. The fourth-order valence-electron chi connectivity index (χ4n) is 2.31. The SMILES string of the molecule is CCCNC(Cc1ccc(C)cc1)C(C)(C)OCC. The van der Waals surface area contributed by atoms with Crippen molar-refractivity contribution in [1.82, 2.24) is 5.32 Å². The van der Waals surface area contributed by atoms with E-state index in [-0.39, 0.29) is 5.60 Å². The van der Waals surface area contributed by atoms with Crippen molar-refractivity contribution in [3.8, 4) is 0 Å². The molecule has 0 fully saturated rings. The van der Waals surface area contributed by atoms with E-state index in [0.29, 0.717) is 6.04 Å². The molecule has 1 aromatic carbocycles. The van der Waals surface area contributed by atoms with Gasteiger partial charge in [0, 0.05) is 12.6 Å². The first-order valence-electron chi connectivity index (χ1n) is 7.42. The Kier molecular flexibility index (Phi) is 6.53. The van der Waals surface area contributed by atoms with E-state index in [0.717, 1.165) is 26.0 Å². The molecule has 2 nitrogen and oxygen atoms in total. The first kappa shape index (κ1) is 16.2. The van der Waals surface area contributed by atoms with E-state index in [1.165, 1.54) is 11.1 Å². The Morgan fingerprint density at radius 2 is 1.79 bits per heavy atom. The summed E-state index contributed by atoms with van der Waals surface area (Å²) in [6.45, 7) is 12.5. The van der Waals surface area contributed by atoms with Gasteiger partial charge in [-0.2, -0.15) is 0 Å². The van der Waals surface area contributed by atoms with Gasteiger partial charge in [0.05, 0.1) is 5.60 Å². The van der Waals surface area contributed by atoms with Gasteiger partial charge in [-0.05, 0) is 52.6 Å². The summed E-state index contributed by atoms with van der Waals surface area (Å²) in [6.07, 6.45) is 2.15. The van der Waals surface area contributed by atoms with Crippen LogP contribution in [0.4, 0.5) is 0 Å². The van der Waals surface area contributed by atoms with Crippen LogP contribution in [0.5, 0.6) is 0 Å². The first-order chi connectivity index (χ1) is 8.99. The third-order valence-electron chi connectivity index (χ3n) is 3.56. The van der Waals surface area contributed by atoms with Crippen molar-refractivity contribution < 1.29 is 4.74 Å². The van der Waals surface area contributed by atoms with Gasteiger partial charge >= 0.3 is 0 Å². The Morgan fingerprint density at radius 1 is 1.16 bits per heavy atom. The highest BCUT2D eigenvalue weighted by atomic mass is 16.5. The van der Waals surface area contributed by atoms with Gasteiger partial charge in [0.25, 0.3) is 0 Å². The molecule has 2 heteroatoms. The van der Waals surface area contributed by atoms with Crippen LogP contribution in [-0.4, -0.2) is 24.8 Å². The summed E-state index contributed by atoms with van der Waals surface area (Å²) in [5.74, 6) is 0. The molecule has 0 aromatic heterocycles. The summed E-state index contributed by atoms with van der Waals surface area (Å²) in [6, 6.07) is 9.14. The van der Waals surface area contributed by atoms with Crippen LogP contribution in [0.3, 0.4) is 0 Å². The smallest absolute Gasteiger partial charge is 0.0781 e. The lowest BCUT2D eigenvalue weighted by atomic mass is 9.91. The van der Waals surface area contributed by atoms with Crippen LogP contribution in [0.1, 0.15) is 45.2 Å². The predicted molar refractivity (Wildman–Crippen MR) is 82.7 cm³/mol. The molecular weight excluding hydrogens is 234 g/mol. The van der Waals surface area contributed by atoms with E-state index in [9.17, 15) is 0 Å². The molecule has 1 unspecified atom stereocenters. The summed E-state index contributed by atoms with van der Waals surface area (Å²) in [5.41, 5.74) is 2.53. The maximum absolute atomic E-state index is 5.92. The number of hydrogen-bond acceptors (Lipinski definition) is 2. The van der Waals surface area contributed by atoms with Crippen LogP contribution >= 0.6 is 0 Å². The van der Waals surface area contributed by atoms with E-state index in [2.05, 4.69) is 64.2 Å². The van der Waals surface area contributed by atoms with Gasteiger partial charge in [0.15, 0.2) is 0 Å². The van der Waals surface area contributed by atoms with Crippen LogP contribution in [0.25, 0.3) is 0 Å². The van der Waals surface area contributed by atoms with Crippen LogP contribution < -0.4 is 5.32 Å². The van der Waals surface area contributed by atoms with Gasteiger partial charge in [-0.3, -0.25) is 0 Å². The second-order valence-electron chi connectivity index (χ2n) is 5.73. The van der Waals surface area contributed by atoms with Crippen molar-refractivity contribution in [3.05, 3.63) is 35.4 Å². The molecule has 1 atom stereocenters. The van der Waals surface area contributed by atoms with E-state index in [1.54, 1.807) is 0 Å². The van der Waals surface area contributed by atoms with Crippen LogP contribution in [0.15, 0.2) is 24.3 Å². The standard InChI is InChI=1S/C17H29NO/c1-6-12-18-16(17(4,5)19-7-2)13-15-10-8-14(3)9-11-15/h8-11,16,18H,6-7,12-13H2,1-5H3. The lowest BCUT2D eigenvalue weighted by Gasteiger charge is -2.35. The Balaban J connectivity index is 2.76. The third-order valence-corrected chi connectivity index (χ3v) is 3.56. The van der Waals surface area contributed by atoms with E-state index in [4.69, 9.17) is 4.74 Å². The first-order valence-corrected chi connectivity index (χ1v) is 7.42. The molecule has 108 valence electrons. The maximum atomic E-state index is 5.92. The molecule has 0 amide bonds. The quantitative estimate of drug-likeness (QED) is 0.772.